The summed E-state index contributed by atoms with van der Waals surface area (Å²) in [4.78, 5) is 3.98. The van der Waals surface area contributed by atoms with E-state index in [0.29, 0.717) is 5.82 Å². The lowest BCUT2D eigenvalue weighted by Gasteiger charge is -2.14. The maximum Gasteiger partial charge on any atom is 0.142 e. The van der Waals surface area contributed by atoms with Crippen LogP contribution < -0.4 is 11.1 Å². The Labute approximate surface area is 87.5 Å². The predicted molar refractivity (Wildman–Crippen MR) is 58.3 cm³/mol. The first-order chi connectivity index (χ1) is 7.25. The molecule has 0 spiro atoms. The summed E-state index contributed by atoms with van der Waals surface area (Å²) in [6.45, 7) is 2.91. The van der Waals surface area contributed by atoms with Crippen molar-refractivity contribution in [1.82, 2.24) is 19.7 Å². The highest BCUT2D eigenvalue weighted by atomic mass is 15.2. The number of nitrogens with zero attached hydrogens (tertiary/aromatic N) is 3. The third-order valence-corrected chi connectivity index (χ3v) is 2.11. The first kappa shape index (κ1) is 9.57. The highest BCUT2D eigenvalue weighted by Gasteiger charge is 2.06. The number of aromatic nitrogens is 4. The lowest BCUT2D eigenvalue weighted by atomic mass is 10.3. The minimum atomic E-state index is 0.263. The second-order valence-electron chi connectivity index (χ2n) is 3.50. The number of hydrogen-bond donors (Lipinski definition) is 3. The molecule has 1 unspecified atom stereocenters. The number of hydrogen-bond acceptors (Lipinski definition) is 4. The van der Waals surface area contributed by atoms with Gasteiger partial charge in [0.2, 0.25) is 0 Å². The number of aromatic amines is 1. The summed E-state index contributed by atoms with van der Waals surface area (Å²) in [5.74, 6) is 0.562. The fourth-order valence-corrected chi connectivity index (χ4v) is 1.43. The van der Waals surface area contributed by atoms with Gasteiger partial charge in [-0.1, -0.05) is 0 Å². The third kappa shape index (κ3) is 2.28. The van der Waals surface area contributed by atoms with Crippen LogP contribution in [0.3, 0.4) is 0 Å². The molecule has 2 rings (SSSR count). The molecule has 0 radical (unpaired) electrons. The van der Waals surface area contributed by atoms with E-state index in [2.05, 4.69) is 27.4 Å². The lowest BCUT2D eigenvalue weighted by molar-refractivity contribution is 0.619. The molecule has 15 heavy (non-hydrogen) atoms. The van der Waals surface area contributed by atoms with Crippen molar-refractivity contribution in [3.63, 3.8) is 0 Å². The van der Waals surface area contributed by atoms with Crippen LogP contribution in [0.5, 0.6) is 0 Å². The second-order valence-corrected chi connectivity index (χ2v) is 3.50. The summed E-state index contributed by atoms with van der Waals surface area (Å²) in [6.07, 6.45) is 7.16. The number of imidazole rings is 1. The third-order valence-electron chi connectivity index (χ3n) is 2.11. The van der Waals surface area contributed by atoms with E-state index in [1.54, 1.807) is 18.7 Å². The van der Waals surface area contributed by atoms with Gasteiger partial charge in [-0.15, -0.1) is 0 Å². The number of nitrogen functional groups attached to an aromatic ring is 1. The number of anilines is 2. The SMILES string of the molecule is CC(Cn1ccnc1)Nc1cn[nH]c1N. The van der Waals surface area contributed by atoms with Gasteiger partial charge < -0.3 is 15.6 Å². The summed E-state index contributed by atoms with van der Waals surface area (Å²) in [7, 11) is 0. The molecule has 2 aromatic rings. The predicted octanol–water partition coefficient (Wildman–Crippen LogP) is 0.689. The maximum absolute atomic E-state index is 5.66. The quantitative estimate of drug-likeness (QED) is 0.687. The Morgan fingerprint density at radius 2 is 2.53 bits per heavy atom. The Balaban J connectivity index is 1.93. The van der Waals surface area contributed by atoms with E-state index in [0.717, 1.165) is 12.2 Å². The molecule has 1 atom stereocenters. The van der Waals surface area contributed by atoms with Gasteiger partial charge >= 0.3 is 0 Å². The molecule has 0 saturated heterocycles. The Bertz CT molecular complexity index is 404. The number of nitrogens with two attached hydrogens (primary N) is 1. The Hall–Kier alpha value is -1.98. The van der Waals surface area contributed by atoms with E-state index in [-0.39, 0.29) is 6.04 Å². The smallest absolute Gasteiger partial charge is 0.142 e. The highest BCUT2D eigenvalue weighted by molar-refractivity contribution is 5.60. The van der Waals surface area contributed by atoms with E-state index in [4.69, 9.17) is 5.73 Å². The molecule has 0 aromatic carbocycles. The van der Waals surface area contributed by atoms with Gasteiger partial charge in [0.05, 0.1) is 18.2 Å². The summed E-state index contributed by atoms with van der Waals surface area (Å²) < 4.78 is 2.01. The second kappa shape index (κ2) is 4.04. The molecule has 0 aliphatic heterocycles. The van der Waals surface area contributed by atoms with Crippen molar-refractivity contribution in [2.45, 2.75) is 19.5 Å². The van der Waals surface area contributed by atoms with Gasteiger partial charge in [0.1, 0.15) is 5.82 Å². The molecule has 6 heteroatoms. The van der Waals surface area contributed by atoms with Crippen molar-refractivity contribution >= 4 is 11.5 Å². The van der Waals surface area contributed by atoms with Gasteiger partial charge in [-0.25, -0.2) is 4.98 Å². The molecule has 4 N–H and O–H groups in total. The largest absolute Gasteiger partial charge is 0.382 e. The minimum Gasteiger partial charge on any atom is -0.382 e. The Kier molecular flexibility index (Phi) is 2.57. The van der Waals surface area contributed by atoms with Crippen LogP contribution in [-0.4, -0.2) is 25.8 Å². The van der Waals surface area contributed by atoms with Gasteiger partial charge in [-0.3, -0.25) is 5.10 Å². The summed E-state index contributed by atoms with van der Waals surface area (Å²) >= 11 is 0. The van der Waals surface area contributed by atoms with E-state index in [1.807, 2.05) is 10.8 Å². The van der Waals surface area contributed by atoms with Gasteiger partial charge in [-0.05, 0) is 6.92 Å². The zero-order valence-electron chi connectivity index (χ0n) is 8.51. The van der Waals surface area contributed by atoms with E-state index >= 15 is 0 Å². The van der Waals surface area contributed by atoms with Gasteiger partial charge in [0.15, 0.2) is 0 Å². The average Bonchev–Trinajstić information content (AvgIpc) is 2.79. The van der Waals surface area contributed by atoms with Crippen LogP contribution in [0.25, 0.3) is 0 Å². The van der Waals surface area contributed by atoms with Crippen LogP contribution in [0.4, 0.5) is 11.5 Å². The Morgan fingerprint density at radius 3 is 3.13 bits per heavy atom. The number of rotatable bonds is 4. The standard InChI is InChI=1S/C9H14N6/c1-7(5-15-3-2-11-6-15)13-8-4-12-14-9(8)10/h2-4,6-7,13H,5H2,1H3,(H3,10,12,14). The van der Waals surface area contributed by atoms with Crippen LogP contribution >= 0.6 is 0 Å². The molecule has 0 fully saturated rings. The van der Waals surface area contributed by atoms with Crippen LogP contribution in [0.2, 0.25) is 0 Å². The molecule has 0 bridgehead atoms. The van der Waals surface area contributed by atoms with Gasteiger partial charge in [0.25, 0.3) is 0 Å². The number of nitrogens with one attached hydrogen (secondary N) is 2. The van der Waals surface area contributed by atoms with Gasteiger partial charge in [-0.2, -0.15) is 5.10 Å². The molecular formula is C9H14N6. The van der Waals surface area contributed by atoms with Gasteiger partial charge in [0, 0.05) is 25.0 Å². The van der Waals surface area contributed by atoms with Crippen LogP contribution in [0.15, 0.2) is 24.9 Å². The molecule has 0 amide bonds. The molecule has 2 aromatic heterocycles. The first-order valence-corrected chi connectivity index (χ1v) is 4.77. The summed E-state index contributed by atoms with van der Waals surface area (Å²) in [5, 5.41) is 9.78. The van der Waals surface area contributed by atoms with E-state index in [1.165, 1.54) is 0 Å². The fourth-order valence-electron chi connectivity index (χ4n) is 1.43. The molecule has 6 nitrogen and oxygen atoms in total. The zero-order valence-corrected chi connectivity index (χ0v) is 8.51. The lowest BCUT2D eigenvalue weighted by Crippen LogP contribution is -2.21. The summed E-state index contributed by atoms with van der Waals surface area (Å²) in [5.41, 5.74) is 6.50. The van der Waals surface area contributed by atoms with Crippen molar-refractivity contribution in [2.24, 2.45) is 0 Å². The van der Waals surface area contributed by atoms with Crippen LogP contribution in [-0.2, 0) is 6.54 Å². The fraction of sp³-hybridized carbons (Fsp3) is 0.333. The topological polar surface area (TPSA) is 84.5 Å². The monoisotopic (exact) mass is 206 g/mol. The van der Waals surface area contributed by atoms with E-state index < -0.39 is 0 Å². The first-order valence-electron chi connectivity index (χ1n) is 4.77. The molecule has 80 valence electrons. The molecule has 0 aliphatic rings. The summed E-state index contributed by atoms with van der Waals surface area (Å²) in [6, 6.07) is 0.263. The van der Waals surface area contributed by atoms with Crippen LogP contribution in [0, 0.1) is 0 Å². The van der Waals surface area contributed by atoms with Crippen molar-refractivity contribution in [3.05, 3.63) is 24.9 Å². The van der Waals surface area contributed by atoms with Crippen molar-refractivity contribution in [1.29, 1.82) is 0 Å². The molecular weight excluding hydrogens is 192 g/mol. The van der Waals surface area contributed by atoms with Crippen molar-refractivity contribution in [3.8, 4) is 0 Å². The number of H-pyrrole nitrogens is 1. The molecule has 0 aliphatic carbocycles. The molecule has 2 heterocycles. The minimum absolute atomic E-state index is 0.263. The van der Waals surface area contributed by atoms with E-state index in [9.17, 15) is 0 Å². The highest BCUT2D eigenvalue weighted by Crippen LogP contribution is 2.14. The zero-order chi connectivity index (χ0) is 10.7. The normalized spacial score (nSPS) is 12.6. The molecule has 0 saturated carbocycles. The maximum atomic E-state index is 5.66. The van der Waals surface area contributed by atoms with Crippen LogP contribution in [0.1, 0.15) is 6.92 Å². The average molecular weight is 206 g/mol. The van der Waals surface area contributed by atoms with Crippen molar-refractivity contribution < 1.29 is 0 Å². The van der Waals surface area contributed by atoms with Crippen molar-refractivity contribution in [2.75, 3.05) is 11.1 Å². The Morgan fingerprint density at radius 1 is 1.67 bits per heavy atom.